The van der Waals surface area contributed by atoms with E-state index in [4.69, 9.17) is 5.73 Å². The van der Waals surface area contributed by atoms with E-state index < -0.39 is 4.92 Å². The SMILES string of the molecule is NC/C=C/CNC(=O)Cc1cccc([N+](=O)[O-])c1. The van der Waals surface area contributed by atoms with Crippen molar-refractivity contribution in [3.8, 4) is 0 Å². The maximum absolute atomic E-state index is 11.5. The van der Waals surface area contributed by atoms with E-state index >= 15 is 0 Å². The van der Waals surface area contributed by atoms with Gasteiger partial charge in [0.2, 0.25) is 5.91 Å². The molecule has 1 aromatic rings. The third-order valence-corrected chi connectivity index (χ3v) is 2.21. The molecule has 0 heterocycles. The van der Waals surface area contributed by atoms with E-state index in [9.17, 15) is 14.9 Å². The smallest absolute Gasteiger partial charge is 0.269 e. The fourth-order valence-corrected chi connectivity index (χ4v) is 1.38. The van der Waals surface area contributed by atoms with Crippen LogP contribution in [0.4, 0.5) is 5.69 Å². The van der Waals surface area contributed by atoms with Crippen LogP contribution >= 0.6 is 0 Å². The topological polar surface area (TPSA) is 98.3 Å². The van der Waals surface area contributed by atoms with Crippen LogP contribution in [0.2, 0.25) is 0 Å². The van der Waals surface area contributed by atoms with Gasteiger partial charge in [-0.25, -0.2) is 0 Å². The molecule has 0 radical (unpaired) electrons. The van der Waals surface area contributed by atoms with Crippen molar-refractivity contribution in [2.24, 2.45) is 5.73 Å². The lowest BCUT2D eigenvalue weighted by Crippen LogP contribution is -2.25. The predicted octanol–water partition coefficient (Wildman–Crippen LogP) is 0.768. The molecular weight excluding hydrogens is 234 g/mol. The highest BCUT2D eigenvalue weighted by molar-refractivity contribution is 5.78. The lowest BCUT2D eigenvalue weighted by Gasteiger charge is -2.02. The number of carbonyl (C=O) groups excluding carboxylic acids is 1. The van der Waals surface area contributed by atoms with Crippen LogP contribution in [0, 0.1) is 10.1 Å². The van der Waals surface area contributed by atoms with Gasteiger partial charge in [-0.05, 0) is 5.56 Å². The number of nitro groups is 1. The van der Waals surface area contributed by atoms with Crippen LogP contribution in [0.5, 0.6) is 0 Å². The highest BCUT2D eigenvalue weighted by Crippen LogP contribution is 2.13. The van der Waals surface area contributed by atoms with Gasteiger partial charge in [-0.3, -0.25) is 14.9 Å². The molecule has 6 nitrogen and oxygen atoms in total. The molecule has 0 bridgehead atoms. The summed E-state index contributed by atoms with van der Waals surface area (Å²) in [5, 5.41) is 13.2. The number of nitro benzene ring substituents is 1. The van der Waals surface area contributed by atoms with E-state index in [1.54, 1.807) is 24.3 Å². The van der Waals surface area contributed by atoms with E-state index in [1.165, 1.54) is 12.1 Å². The Morgan fingerprint density at radius 3 is 2.89 bits per heavy atom. The van der Waals surface area contributed by atoms with E-state index in [2.05, 4.69) is 5.32 Å². The second kappa shape index (κ2) is 7.18. The van der Waals surface area contributed by atoms with Crippen LogP contribution in [-0.4, -0.2) is 23.9 Å². The van der Waals surface area contributed by atoms with E-state index in [1.807, 2.05) is 0 Å². The Morgan fingerprint density at radius 1 is 1.44 bits per heavy atom. The minimum Gasteiger partial charge on any atom is -0.352 e. The van der Waals surface area contributed by atoms with Crippen molar-refractivity contribution in [2.75, 3.05) is 13.1 Å². The van der Waals surface area contributed by atoms with Crippen LogP contribution < -0.4 is 11.1 Å². The molecule has 0 atom stereocenters. The minimum absolute atomic E-state index is 0.0108. The van der Waals surface area contributed by atoms with Crippen LogP contribution in [0.25, 0.3) is 0 Å². The number of hydrogen-bond donors (Lipinski definition) is 2. The molecule has 0 aliphatic rings. The number of carbonyl (C=O) groups is 1. The number of benzene rings is 1. The summed E-state index contributed by atoms with van der Waals surface area (Å²) >= 11 is 0. The number of nitrogens with two attached hydrogens (primary N) is 1. The number of amides is 1. The second-order valence-corrected chi connectivity index (χ2v) is 3.61. The summed E-state index contributed by atoms with van der Waals surface area (Å²) in [5.74, 6) is -0.183. The molecule has 0 spiro atoms. The van der Waals surface area contributed by atoms with Crippen molar-refractivity contribution >= 4 is 11.6 Å². The maximum Gasteiger partial charge on any atom is 0.269 e. The molecule has 0 fully saturated rings. The molecule has 1 rings (SSSR count). The van der Waals surface area contributed by atoms with Gasteiger partial charge in [0.15, 0.2) is 0 Å². The molecule has 1 amide bonds. The minimum atomic E-state index is -0.481. The number of rotatable bonds is 6. The normalized spacial score (nSPS) is 10.5. The average Bonchev–Trinajstić information content (AvgIpc) is 2.35. The second-order valence-electron chi connectivity index (χ2n) is 3.61. The molecule has 0 aliphatic heterocycles. The highest BCUT2D eigenvalue weighted by Gasteiger charge is 2.08. The monoisotopic (exact) mass is 249 g/mol. The van der Waals surface area contributed by atoms with Gasteiger partial charge in [0, 0.05) is 25.2 Å². The Hall–Kier alpha value is -2.21. The molecule has 96 valence electrons. The van der Waals surface area contributed by atoms with Gasteiger partial charge in [-0.1, -0.05) is 24.3 Å². The molecule has 0 saturated heterocycles. The summed E-state index contributed by atoms with van der Waals surface area (Å²) in [7, 11) is 0. The van der Waals surface area contributed by atoms with E-state index in [0.717, 1.165) is 0 Å². The average molecular weight is 249 g/mol. The van der Waals surface area contributed by atoms with Crippen molar-refractivity contribution in [2.45, 2.75) is 6.42 Å². The van der Waals surface area contributed by atoms with Crippen LogP contribution in [0.1, 0.15) is 5.56 Å². The van der Waals surface area contributed by atoms with Gasteiger partial charge in [-0.2, -0.15) is 0 Å². The van der Waals surface area contributed by atoms with Gasteiger partial charge < -0.3 is 11.1 Å². The highest BCUT2D eigenvalue weighted by atomic mass is 16.6. The molecule has 0 saturated carbocycles. The van der Waals surface area contributed by atoms with Crippen molar-refractivity contribution < 1.29 is 9.72 Å². The molecule has 3 N–H and O–H groups in total. The van der Waals surface area contributed by atoms with Crippen LogP contribution in [0.15, 0.2) is 36.4 Å². The van der Waals surface area contributed by atoms with E-state index in [0.29, 0.717) is 18.7 Å². The van der Waals surface area contributed by atoms with Crippen LogP contribution in [0.3, 0.4) is 0 Å². The van der Waals surface area contributed by atoms with Gasteiger partial charge in [0.25, 0.3) is 5.69 Å². The van der Waals surface area contributed by atoms with Crippen molar-refractivity contribution in [3.63, 3.8) is 0 Å². The summed E-state index contributed by atoms with van der Waals surface area (Å²) in [5.41, 5.74) is 5.86. The first-order chi connectivity index (χ1) is 8.63. The first-order valence-corrected chi connectivity index (χ1v) is 5.48. The lowest BCUT2D eigenvalue weighted by molar-refractivity contribution is -0.384. The fraction of sp³-hybridized carbons (Fsp3) is 0.250. The number of nitrogens with zero attached hydrogens (tertiary/aromatic N) is 1. The zero-order valence-electron chi connectivity index (χ0n) is 9.83. The summed E-state index contributed by atoms with van der Waals surface area (Å²) in [6.45, 7) is 0.839. The summed E-state index contributed by atoms with van der Waals surface area (Å²) < 4.78 is 0. The number of hydrogen-bond acceptors (Lipinski definition) is 4. The summed E-state index contributed by atoms with van der Waals surface area (Å²) in [4.78, 5) is 21.6. The Kier molecular flexibility index (Phi) is 5.53. The quantitative estimate of drug-likeness (QED) is 0.442. The van der Waals surface area contributed by atoms with Crippen molar-refractivity contribution in [3.05, 3.63) is 52.1 Å². The Bertz CT molecular complexity index is 458. The molecule has 0 aliphatic carbocycles. The number of non-ortho nitro benzene ring substituents is 1. The van der Waals surface area contributed by atoms with Gasteiger partial charge >= 0.3 is 0 Å². The van der Waals surface area contributed by atoms with Gasteiger partial charge in [0.05, 0.1) is 11.3 Å². The van der Waals surface area contributed by atoms with Crippen molar-refractivity contribution in [1.29, 1.82) is 0 Å². The number of nitrogens with one attached hydrogen (secondary N) is 1. The molecule has 6 heteroatoms. The third-order valence-electron chi connectivity index (χ3n) is 2.21. The summed E-state index contributed by atoms with van der Waals surface area (Å²) in [6, 6.07) is 6.04. The Morgan fingerprint density at radius 2 is 2.22 bits per heavy atom. The standard InChI is InChI=1S/C12H15N3O3/c13-6-1-2-7-14-12(16)9-10-4-3-5-11(8-10)15(17)18/h1-5,8H,6-7,9,13H2,(H,14,16)/b2-1+. The molecule has 0 unspecified atom stereocenters. The molecule has 0 aromatic heterocycles. The van der Waals surface area contributed by atoms with E-state index in [-0.39, 0.29) is 18.0 Å². The first-order valence-electron chi connectivity index (χ1n) is 5.48. The van der Waals surface area contributed by atoms with Gasteiger partial charge in [-0.15, -0.1) is 0 Å². The molecule has 1 aromatic carbocycles. The molecule has 18 heavy (non-hydrogen) atoms. The fourth-order valence-electron chi connectivity index (χ4n) is 1.38. The largest absolute Gasteiger partial charge is 0.352 e. The Labute approximate surface area is 105 Å². The predicted molar refractivity (Wildman–Crippen MR) is 68.0 cm³/mol. The Balaban J connectivity index is 2.51. The molecular formula is C12H15N3O3. The summed E-state index contributed by atoms with van der Waals surface area (Å²) in [6.07, 6.45) is 3.62. The third kappa shape index (κ3) is 4.75. The zero-order chi connectivity index (χ0) is 13.4. The first kappa shape index (κ1) is 13.9. The van der Waals surface area contributed by atoms with Crippen LogP contribution in [-0.2, 0) is 11.2 Å². The van der Waals surface area contributed by atoms with Gasteiger partial charge in [0.1, 0.15) is 0 Å². The van der Waals surface area contributed by atoms with Crippen molar-refractivity contribution in [1.82, 2.24) is 5.32 Å². The lowest BCUT2D eigenvalue weighted by atomic mass is 10.1. The zero-order valence-corrected chi connectivity index (χ0v) is 9.83. The maximum atomic E-state index is 11.5.